The van der Waals surface area contributed by atoms with Gasteiger partial charge in [0.05, 0.1) is 14.2 Å². The van der Waals surface area contributed by atoms with Crippen molar-refractivity contribution in [1.29, 1.82) is 0 Å². The zero-order valence-corrected chi connectivity index (χ0v) is 24.2. The van der Waals surface area contributed by atoms with Gasteiger partial charge >= 0.3 is 0 Å². The lowest BCUT2D eigenvalue weighted by Gasteiger charge is -2.28. The number of rotatable bonds is 8. The smallest absolute Gasteiger partial charge is 0.119 e. The van der Waals surface area contributed by atoms with Crippen molar-refractivity contribution in [2.45, 2.75) is 0 Å². The van der Waals surface area contributed by atoms with Gasteiger partial charge in [-0.3, -0.25) is 0 Å². The second-order valence-corrected chi connectivity index (χ2v) is 10.4. The van der Waals surface area contributed by atoms with Crippen molar-refractivity contribution in [3.05, 3.63) is 130 Å². The lowest BCUT2D eigenvalue weighted by atomic mass is 10.1. The maximum absolute atomic E-state index is 5.39. The molecule has 6 heteroatoms. The average molecular weight is 630 g/mol. The summed E-state index contributed by atoms with van der Waals surface area (Å²) in [5.41, 5.74) is 6.30. The van der Waals surface area contributed by atoms with Gasteiger partial charge in [0.1, 0.15) is 11.5 Å². The predicted molar refractivity (Wildman–Crippen MR) is 164 cm³/mol. The molecule has 0 aliphatic rings. The molecule has 0 aromatic heterocycles. The van der Waals surface area contributed by atoms with Crippen LogP contribution in [0.2, 0.25) is 0 Å². The Labute approximate surface area is 240 Å². The fraction of sp³-hybridized carbons (Fsp3) is 0.0625. The van der Waals surface area contributed by atoms with Crippen molar-refractivity contribution in [3.8, 4) is 11.5 Å². The van der Waals surface area contributed by atoms with Crippen LogP contribution in [-0.4, -0.2) is 14.2 Å². The Kier molecular flexibility index (Phi) is 8.01. The Hall–Kier alpha value is -3.74. The Balaban J connectivity index is 1.56. The monoisotopic (exact) mass is 628 g/mol. The summed E-state index contributed by atoms with van der Waals surface area (Å²) in [6.45, 7) is 0. The van der Waals surface area contributed by atoms with Crippen LogP contribution in [0.3, 0.4) is 0 Å². The normalized spacial score (nSPS) is 10.6. The van der Waals surface area contributed by atoms with Crippen LogP contribution in [0.5, 0.6) is 11.5 Å². The molecule has 0 N–H and O–H groups in total. The quantitative estimate of drug-likeness (QED) is 0.170. The van der Waals surface area contributed by atoms with Crippen molar-refractivity contribution >= 4 is 66.0 Å². The Morgan fingerprint density at radius 2 is 0.579 bits per heavy atom. The van der Waals surface area contributed by atoms with Crippen LogP contribution in [0.1, 0.15) is 0 Å². The van der Waals surface area contributed by atoms with Gasteiger partial charge in [-0.1, -0.05) is 31.9 Å². The first kappa shape index (κ1) is 25.9. The van der Waals surface area contributed by atoms with E-state index in [2.05, 4.69) is 139 Å². The van der Waals surface area contributed by atoms with Crippen LogP contribution >= 0.6 is 31.9 Å². The molecule has 0 bridgehead atoms. The van der Waals surface area contributed by atoms with Gasteiger partial charge in [-0.15, -0.1) is 0 Å². The molecule has 0 aliphatic heterocycles. The first-order chi connectivity index (χ1) is 18.6. The number of hydrogen-bond acceptors (Lipinski definition) is 4. The first-order valence-electron chi connectivity index (χ1n) is 12.1. The van der Waals surface area contributed by atoms with Crippen LogP contribution in [0.4, 0.5) is 34.1 Å². The summed E-state index contributed by atoms with van der Waals surface area (Å²) in [6, 6.07) is 41.4. The molecule has 5 aromatic carbocycles. The van der Waals surface area contributed by atoms with E-state index in [9.17, 15) is 0 Å². The van der Waals surface area contributed by atoms with E-state index >= 15 is 0 Å². The summed E-state index contributed by atoms with van der Waals surface area (Å²) in [5, 5.41) is 0. The maximum atomic E-state index is 5.39. The molecular formula is C32H26Br2N2O2. The third-order valence-electron chi connectivity index (χ3n) is 6.20. The van der Waals surface area contributed by atoms with Crippen LogP contribution in [0, 0.1) is 0 Å². The Morgan fingerprint density at radius 1 is 0.368 bits per heavy atom. The van der Waals surface area contributed by atoms with Gasteiger partial charge < -0.3 is 19.3 Å². The van der Waals surface area contributed by atoms with E-state index in [-0.39, 0.29) is 0 Å². The largest absolute Gasteiger partial charge is 0.497 e. The predicted octanol–water partition coefficient (Wildman–Crippen LogP) is 10.2. The molecule has 5 rings (SSSR count). The molecule has 0 saturated carbocycles. The molecule has 190 valence electrons. The number of methoxy groups -OCH3 is 2. The van der Waals surface area contributed by atoms with Crippen molar-refractivity contribution in [1.82, 2.24) is 0 Å². The fourth-order valence-corrected chi connectivity index (χ4v) is 4.82. The molecular weight excluding hydrogens is 604 g/mol. The van der Waals surface area contributed by atoms with E-state index in [0.717, 1.165) is 54.6 Å². The minimum Gasteiger partial charge on any atom is -0.497 e. The number of halogens is 2. The fourth-order valence-electron chi connectivity index (χ4n) is 4.29. The summed E-state index contributed by atoms with van der Waals surface area (Å²) < 4.78 is 12.9. The van der Waals surface area contributed by atoms with Gasteiger partial charge in [0.15, 0.2) is 0 Å². The zero-order chi connectivity index (χ0) is 26.5. The Morgan fingerprint density at radius 3 is 0.816 bits per heavy atom. The van der Waals surface area contributed by atoms with Gasteiger partial charge in [-0.05, 0) is 121 Å². The molecule has 0 saturated heterocycles. The number of anilines is 6. The van der Waals surface area contributed by atoms with E-state index in [1.54, 1.807) is 14.2 Å². The number of benzene rings is 5. The van der Waals surface area contributed by atoms with Crippen molar-refractivity contribution in [2.75, 3.05) is 24.0 Å². The molecule has 0 fully saturated rings. The van der Waals surface area contributed by atoms with Crippen molar-refractivity contribution in [3.63, 3.8) is 0 Å². The first-order valence-corrected chi connectivity index (χ1v) is 13.6. The molecule has 38 heavy (non-hydrogen) atoms. The minimum absolute atomic E-state index is 0.818. The average Bonchev–Trinajstić information content (AvgIpc) is 2.97. The number of ether oxygens (including phenoxy) is 2. The molecule has 0 unspecified atom stereocenters. The van der Waals surface area contributed by atoms with E-state index in [4.69, 9.17) is 9.47 Å². The van der Waals surface area contributed by atoms with Gasteiger partial charge in [0.2, 0.25) is 0 Å². The minimum atomic E-state index is 0.818. The van der Waals surface area contributed by atoms with Crippen LogP contribution in [0.25, 0.3) is 0 Å². The molecule has 0 heterocycles. The Bertz CT molecular complexity index is 1380. The lowest BCUT2D eigenvalue weighted by molar-refractivity contribution is 0.415. The maximum Gasteiger partial charge on any atom is 0.119 e. The van der Waals surface area contributed by atoms with Gasteiger partial charge in [0.25, 0.3) is 0 Å². The van der Waals surface area contributed by atoms with Crippen LogP contribution in [-0.2, 0) is 0 Å². The summed E-state index contributed by atoms with van der Waals surface area (Å²) in [6.07, 6.45) is 0. The molecule has 0 radical (unpaired) electrons. The van der Waals surface area contributed by atoms with E-state index < -0.39 is 0 Å². The van der Waals surface area contributed by atoms with Gasteiger partial charge in [-0.2, -0.15) is 0 Å². The van der Waals surface area contributed by atoms with E-state index in [1.807, 2.05) is 24.3 Å². The van der Waals surface area contributed by atoms with Crippen molar-refractivity contribution in [2.24, 2.45) is 0 Å². The van der Waals surface area contributed by atoms with Crippen LogP contribution in [0.15, 0.2) is 130 Å². The topological polar surface area (TPSA) is 24.9 Å². The number of nitrogens with zero attached hydrogens (tertiary/aromatic N) is 2. The molecule has 0 spiro atoms. The lowest BCUT2D eigenvalue weighted by Crippen LogP contribution is -2.12. The highest BCUT2D eigenvalue weighted by Gasteiger charge is 2.16. The highest BCUT2D eigenvalue weighted by atomic mass is 79.9. The molecule has 0 aliphatic carbocycles. The van der Waals surface area contributed by atoms with E-state index in [0.29, 0.717) is 0 Å². The molecule has 5 aromatic rings. The van der Waals surface area contributed by atoms with Crippen molar-refractivity contribution < 1.29 is 9.47 Å². The SMILES string of the molecule is COc1ccc(N(c2ccc(OC)cc2)c2ccc(N(c3ccc(Br)cc3)c3ccc(Br)cc3)cc2)cc1. The van der Waals surface area contributed by atoms with E-state index in [1.165, 1.54) is 0 Å². The summed E-state index contributed by atoms with van der Waals surface area (Å²) >= 11 is 7.12. The molecule has 0 amide bonds. The summed E-state index contributed by atoms with van der Waals surface area (Å²) in [4.78, 5) is 4.46. The van der Waals surface area contributed by atoms with Crippen LogP contribution < -0.4 is 19.3 Å². The second-order valence-electron chi connectivity index (χ2n) is 8.54. The second kappa shape index (κ2) is 11.8. The highest BCUT2D eigenvalue weighted by Crippen LogP contribution is 2.40. The highest BCUT2D eigenvalue weighted by molar-refractivity contribution is 9.10. The summed E-state index contributed by atoms with van der Waals surface area (Å²) in [7, 11) is 3.36. The molecule has 4 nitrogen and oxygen atoms in total. The third-order valence-corrected chi connectivity index (χ3v) is 7.25. The van der Waals surface area contributed by atoms with Gasteiger partial charge in [0, 0.05) is 43.1 Å². The molecule has 0 atom stereocenters. The standard InChI is InChI=1S/C32H26Br2N2O2/c1-37-31-19-15-29(16-20-31)36(30-17-21-32(38-2)22-18-30)28-13-11-27(12-14-28)35(25-7-3-23(33)4-8-25)26-9-5-24(34)6-10-26/h3-22H,1-2H3. The zero-order valence-electron chi connectivity index (χ0n) is 21.0. The number of hydrogen-bond donors (Lipinski definition) is 0. The van der Waals surface area contributed by atoms with Gasteiger partial charge in [-0.25, -0.2) is 0 Å². The third kappa shape index (κ3) is 5.72. The summed E-state index contributed by atoms with van der Waals surface area (Å²) in [5.74, 6) is 1.64.